The van der Waals surface area contributed by atoms with E-state index in [1.165, 1.54) is 0 Å². The van der Waals surface area contributed by atoms with Crippen molar-refractivity contribution in [3.05, 3.63) is 30.5 Å². The Balaban J connectivity index is 1.72. The second-order valence-corrected chi connectivity index (χ2v) is 5.38. The topological polar surface area (TPSA) is 75.4 Å². The van der Waals surface area contributed by atoms with Crippen molar-refractivity contribution >= 4 is 22.8 Å². The van der Waals surface area contributed by atoms with E-state index in [4.69, 9.17) is 5.11 Å². The lowest BCUT2D eigenvalue weighted by atomic mass is 9.98. The van der Waals surface area contributed by atoms with E-state index in [2.05, 4.69) is 5.10 Å². The second-order valence-electron chi connectivity index (χ2n) is 5.38. The number of carbonyl (C=O) groups excluding carboxylic acids is 1. The van der Waals surface area contributed by atoms with Gasteiger partial charge in [0, 0.05) is 18.5 Å². The number of aromatic nitrogens is 2. The fourth-order valence-corrected chi connectivity index (χ4v) is 2.79. The zero-order valence-electron chi connectivity index (χ0n) is 11.6. The van der Waals surface area contributed by atoms with Crippen LogP contribution in [0.5, 0.6) is 0 Å². The molecule has 0 spiro atoms. The molecule has 1 aromatic heterocycles. The molecule has 1 aliphatic heterocycles. The number of benzene rings is 1. The molecule has 2 aromatic rings. The number of likely N-dealkylation sites (tertiary alicyclic amines) is 1. The number of hydrogen-bond acceptors (Lipinski definition) is 3. The first-order chi connectivity index (χ1) is 10.1. The maximum Gasteiger partial charge on any atom is 0.308 e. The summed E-state index contributed by atoms with van der Waals surface area (Å²) in [4.78, 5) is 25.0. The quantitative estimate of drug-likeness (QED) is 0.925. The average molecular weight is 287 g/mol. The molecule has 1 saturated heterocycles. The van der Waals surface area contributed by atoms with Gasteiger partial charge in [-0.05, 0) is 18.9 Å². The minimum absolute atomic E-state index is 0.0743. The van der Waals surface area contributed by atoms with Gasteiger partial charge in [0.1, 0.15) is 6.54 Å². The number of piperidine rings is 1. The lowest BCUT2D eigenvalue weighted by molar-refractivity contribution is -0.145. The minimum Gasteiger partial charge on any atom is -0.481 e. The monoisotopic (exact) mass is 287 g/mol. The maximum atomic E-state index is 12.3. The molecule has 1 fully saturated rings. The molecule has 3 rings (SSSR count). The van der Waals surface area contributed by atoms with E-state index >= 15 is 0 Å². The van der Waals surface area contributed by atoms with E-state index < -0.39 is 11.9 Å². The Morgan fingerprint density at radius 1 is 1.33 bits per heavy atom. The fraction of sp³-hybridized carbons (Fsp3) is 0.400. The van der Waals surface area contributed by atoms with Crippen LogP contribution >= 0.6 is 0 Å². The number of carboxylic acid groups (broad SMARTS) is 1. The molecular weight excluding hydrogens is 270 g/mol. The van der Waals surface area contributed by atoms with E-state index in [9.17, 15) is 9.59 Å². The van der Waals surface area contributed by atoms with Gasteiger partial charge in [-0.2, -0.15) is 5.10 Å². The van der Waals surface area contributed by atoms with Crippen molar-refractivity contribution in [2.45, 2.75) is 19.4 Å². The summed E-state index contributed by atoms with van der Waals surface area (Å²) in [6, 6.07) is 7.71. The van der Waals surface area contributed by atoms with Gasteiger partial charge in [-0.1, -0.05) is 18.2 Å². The first-order valence-corrected chi connectivity index (χ1v) is 7.06. The number of fused-ring (bicyclic) bond motifs is 1. The van der Waals surface area contributed by atoms with Gasteiger partial charge in [0.25, 0.3) is 0 Å². The highest BCUT2D eigenvalue weighted by Crippen LogP contribution is 2.18. The molecule has 1 aromatic carbocycles. The summed E-state index contributed by atoms with van der Waals surface area (Å²) in [5.41, 5.74) is 0.914. The molecule has 2 heterocycles. The third kappa shape index (κ3) is 2.74. The molecular formula is C15H17N3O3. The minimum atomic E-state index is -0.822. The molecule has 1 N–H and O–H groups in total. The molecule has 0 saturated carbocycles. The van der Waals surface area contributed by atoms with Crippen LogP contribution in [0.15, 0.2) is 30.5 Å². The van der Waals surface area contributed by atoms with Crippen LogP contribution in [0.25, 0.3) is 10.9 Å². The lowest BCUT2D eigenvalue weighted by Gasteiger charge is -2.30. The van der Waals surface area contributed by atoms with Crippen LogP contribution in [0.2, 0.25) is 0 Å². The molecule has 6 heteroatoms. The van der Waals surface area contributed by atoms with Crippen molar-refractivity contribution in [3.63, 3.8) is 0 Å². The highest BCUT2D eigenvalue weighted by molar-refractivity contribution is 5.82. The van der Waals surface area contributed by atoms with Gasteiger partial charge in [-0.15, -0.1) is 0 Å². The van der Waals surface area contributed by atoms with E-state index in [1.807, 2.05) is 24.3 Å². The van der Waals surface area contributed by atoms with Gasteiger partial charge in [0.05, 0.1) is 17.6 Å². The SMILES string of the molecule is O=C(O)[C@H]1CCCN(C(=O)Cn2ncc3ccccc32)C1. The largest absolute Gasteiger partial charge is 0.481 e. The normalized spacial score (nSPS) is 18.9. The van der Waals surface area contributed by atoms with Gasteiger partial charge in [-0.3, -0.25) is 14.3 Å². The summed E-state index contributed by atoms with van der Waals surface area (Å²) in [5.74, 6) is -1.34. The number of nitrogens with zero attached hydrogens (tertiary/aromatic N) is 3. The van der Waals surface area contributed by atoms with Crippen LogP contribution in [0.4, 0.5) is 0 Å². The van der Waals surface area contributed by atoms with Gasteiger partial charge >= 0.3 is 5.97 Å². The van der Waals surface area contributed by atoms with E-state index in [-0.39, 0.29) is 12.5 Å². The van der Waals surface area contributed by atoms with Crippen LogP contribution in [0.1, 0.15) is 12.8 Å². The average Bonchev–Trinajstić information content (AvgIpc) is 2.91. The Kier molecular flexibility index (Phi) is 3.60. The van der Waals surface area contributed by atoms with Crippen molar-refractivity contribution < 1.29 is 14.7 Å². The van der Waals surface area contributed by atoms with E-state index in [1.54, 1.807) is 15.8 Å². The van der Waals surface area contributed by atoms with Crippen LogP contribution in [0.3, 0.4) is 0 Å². The number of carbonyl (C=O) groups is 2. The van der Waals surface area contributed by atoms with Gasteiger partial charge < -0.3 is 10.0 Å². The third-order valence-electron chi connectivity index (χ3n) is 3.96. The highest BCUT2D eigenvalue weighted by atomic mass is 16.4. The zero-order chi connectivity index (χ0) is 14.8. The summed E-state index contributed by atoms with van der Waals surface area (Å²) < 4.78 is 1.67. The van der Waals surface area contributed by atoms with Gasteiger partial charge in [0.15, 0.2) is 0 Å². The Labute approximate surface area is 122 Å². The van der Waals surface area contributed by atoms with Crippen molar-refractivity contribution in [1.29, 1.82) is 0 Å². The smallest absolute Gasteiger partial charge is 0.308 e. The van der Waals surface area contributed by atoms with Crippen LogP contribution in [0, 0.1) is 5.92 Å². The van der Waals surface area contributed by atoms with Gasteiger partial charge in [-0.25, -0.2) is 0 Å². The van der Waals surface area contributed by atoms with E-state index in [0.29, 0.717) is 19.5 Å². The maximum absolute atomic E-state index is 12.3. The van der Waals surface area contributed by atoms with Crippen molar-refractivity contribution in [1.82, 2.24) is 14.7 Å². The number of carboxylic acids is 1. The summed E-state index contributed by atoms with van der Waals surface area (Å²) in [5, 5.41) is 14.3. The predicted molar refractivity (Wildman–Crippen MR) is 76.7 cm³/mol. The number of hydrogen-bond donors (Lipinski definition) is 1. The Morgan fingerprint density at radius 2 is 2.14 bits per heavy atom. The fourth-order valence-electron chi connectivity index (χ4n) is 2.79. The van der Waals surface area contributed by atoms with E-state index in [0.717, 1.165) is 17.3 Å². The van der Waals surface area contributed by atoms with Crippen LogP contribution in [-0.2, 0) is 16.1 Å². The number of para-hydroxylation sites is 1. The molecule has 0 aliphatic carbocycles. The molecule has 0 unspecified atom stereocenters. The second kappa shape index (κ2) is 5.55. The number of rotatable bonds is 3. The Morgan fingerprint density at radius 3 is 2.95 bits per heavy atom. The first kappa shape index (κ1) is 13.6. The Bertz CT molecular complexity index is 680. The highest BCUT2D eigenvalue weighted by Gasteiger charge is 2.28. The van der Waals surface area contributed by atoms with Crippen LogP contribution in [-0.4, -0.2) is 44.8 Å². The molecule has 6 nitrogen and oxygen atoms in total. The molecule has 1 amide bonds. The van der Waals surface area contributed by atoms with Crippen molar-refractivity contribution in [2.24, 2.45) is 5.92 Å². The number of aliphatic carboxylic acids is 1. The summed E-state index contributed by atoms with van der Waals surface area (Å²) in [6.45, 7) is 1.08. The molecule has 1 aliphatic rings. The van der Waals surface area contributed by atoms with Gasteiger partial charge in [0.2, 0.25) is 5.91 Å². The predicted octanol–water partition coefficient (Wildman–Crippen LogP) is 1.36. The molecule has 110 valence electrons. The molecule has 1 atom stereocenters. The number of amides is 1. The summed E-state index contributed by atoms with van der Waals surface area (Å²) in [6.07, 6.45) is 3.12. The Hall–Kier alpha value is -2.37. The van der Waals surface area contributed by atoms with Crippen molar-refractivity contribution in [2.75, 3.05) is 13.1 Å². The first-order valence-electron chi connectivity index (χ1n) is 7.06. The molecule has 21 heavy (non-hydrogen) atoms. The molecule has 0 bridgehead atoms. The summed E-state index contributed by atoms with van der Waals surface area (Å²) in [7, 11) is 0. The summed E-state index contributed by atoms with van der Waals surface area (Å²) >= 11 is 0. The lowest BCUT2D eigenvalue weighted by Crippen LogP contribution is -2.43. The van der Waals surface area contributed by atoms with Crippen molar-refractivity contribution in [3.8, 4) is 0 Å². The molecule has 0 radical (unpaired) electrons. The zero-order valence-corrected chi connectivity index (χ0v) is 11.6. The van der Waals surface area contributed by atoms with Crippen LogP contribution < -0.4 is 0 Å². The third-order valence-corrected chi connectivity index (χ3v) is 3.96. The standard InChI is InChI=1S/C15H17N3O3/c19-14(17-7-3-5-12(9-17)15(20)21)10-18-13-6-2-1-4-11(13)8-16-18/h1-2,4,6,8,12H,3,5,7,9-10H2,(H,20,21)/t12-/m0/s1.